The Morgan fingerprint density at radius 2 is 1.68 bits per heavy atom. The van der Waals surface area contributed by atoms with Crippen LogP contribution >= 0.6 is 23.8 Å². The van der Waals surface area contributed by atoms with Crippen molar-refractivity contribution in [3.8, 4) is 5.75 Å². The van der Waals surface area contributed by atoms with E-state index in [2.05, 4.69) is 4.98 Å². The second-order valence-electron chi connectivity index (χ2n) is 7.43. The van der Waals surface area contributed by atoms with Crippen molar-refractivity contribution in [2.45, 2.75) is 12.5 Å². The molecule has 7 heteroatoms. The van der Waals surface area contributed by atoms with E-state index in [9.17, 15) is 8.78 Å². The average Bonchev–Trinajstić information content (AvgIpc) is 3.13. The Bertz CT molecular complexity index is 1270. The minimum atomic E-state index is -0.346. The third kappa shape index (κ3) is 3.77. The lowest BCUT2D eigenvalue weighted by Crippen LogP contribution is -2.42. The largest absolute Gasteiger partial charge is 0.432 e. The lowest BCUT2D eigenvalue weighted by molar-refractivity contribution is 0.289. The van der Waals surface area contributed by atoms with Crippen LogP contribution < -0.4 is 4.74 Å². The van der Waals surface area contributed by atoms with E-state index in [-0.39, 0.29) is 22.9 Å². The Labute approximate surface area is 188 Å². The summed E-state index contributed by atoms with van der Waals surface area (Å²) in [5.74, 6) is -0.194. The molecular formula is C24H17ClF2N2OS. The Morgan fingerprint density at radius 3 is 2.39 bits per heavy atom. The van der Waals surface area contributed by atoms with E-state index in [1.807, 2.05) is 23.1 Å². The van der Waals surface area contributed by atoms with Gasteiger partial charge in [-0.3, -0.25) is 0 Å². The normalized spacial score (nSPS) is 15.7. The second kappa shape index (κ2) is 7.94. The van der Waals surface area contributed by atoms with Crippen molar-refractivity contribution in [1.82, 2.24) is 9.88 Å². The number of benzene rings is 3. The van der Waals surface area contributed by atoms with Gasteiger partial charge in [0.15, 0.2) is 0 Å². The molecule has 0 radical (unpaired) electrons. The SMILES string of the molecule is Fc1ccc(OC(=S)N2CCc3c([nH]c4ccc(Cl)cc34)C2c2ccc(F)cc2)cc1. The lowest BCUT2D eigenvalue weighted by atomic mass is 9.93. The number of thiocarbonyl (C=S) groups is 1. The predicted octanol–water partition coefficient (Wildman–Crippen LogP) is 6.41. The average molecular weight is 455 g/mol. The van der Waals surface area contributed by atoms with E-state index in [0.717, 1.165) is 34.1 Å². The lowest BCUT2D eigenvalue weighted by Gasteiger charge is -2.37. The van der Waals surface area contributed by atoms with Crippen molar-refractivity contribution in [3.05, 3.63) is 100 Å². The second-order valence-corrected chi connectivity index (χ2v) is 8.21. The molecule has 4 aromatic rings. The van der Waals surface area contributed by atoms with Crippen LogP contribution in [0.2, 0.25) is 5.02 Å². The molecule has 1 aliphatic heterocycles. The van der Waals surface area contributed by atoms with E-state index in [1.165, 1.54) is 36.4 Å². The van der Waals surface area contributed by atoms with E-state index in [0.29, 0.717) is 17.3 Å². The number of aromatic nitrogens is 1. The maximum atomic E-state index is 13.6. The molecule has 0 fully saturated rings. The quantitative estimate of drug-likeness (QED) is 0.355. The minimum absolute atomic E-state index is 0.267. The van der Waals surface area contributed by atoms with Gasteiger partial charge in [0.1, 0.15) is 17.4 Å². The van der Waals surface area contributed by atoms with Crippen molar-refractivity contribution in [2.24, 2.45) is 0 Å². The number of halogens is 3. The first-order chi connectivity index (χ1) is 15.0. The van der Waals surface area contributed by atoms with Crippen LogP contribution in [0.4, 0.5) is 8.78 Å². The van der Waals surface area contributed by atoms with Crippen molar-refractivity contribution < 1.29 is 13.5 Å². The van der Waals surface area contributed by atoms with Crippen LogP contribution in [0.3, 0.4) is 0 Å². The van der Waals surface area contributed by atoms with Crippen LogP contribution in [-0.2, 0) is 6.42 Å². The highest BCUT2D eigenvalue weighted by Gasteiger charge is 2.34. The Kier molecular flexibility index (Phi) is 5.12. The molecule has 0 aliphatic carbocycles. The summed E-state index contributed by atoms with van der Waals surface area (Å²) < 4.78 is 32.7. The third-order valence-electron chi connectivity index (χ3n) is 5.53. The predicted molar refractivity (Wildman–Crippen MR) is 122 cm³/mol. The molecule has 156 valence electrons. The summed E-state index contributed by atoms with van der Waals surface area (Å²) in [7, 11) is 0. The Hall–Kier alpha value is -2.96. The maximum Gasteiger partial charge on any atom is 0.265 e. The number of nitrogens with one attached hydrogen (secondary N) is 1. The van der Waals surface area contributed by atoms with Gasteiger partial charge in [-0.1, -0.05) is 23.7 Å². The van der Waals surface area contributed by atoms with Crippen molar-refractivity contribution in [1.29, 1.82) is 0 Å². The molecule has 1 aromatic heterocycles. The van der Waals surface area contributed by atoms with Crippen molar-refractivity contribution in [3.63, 3.8) is 0 Å². The first-order valence-electron chi connectivity index (χ1n) is 9.79. The molecule has 2 heterocycles. The molecule has 31 heavy (non-hydrogen) atoms. The number of hydrogen-bond acceptors (Lipinski definition) is 2. The van der Waals surface area contributed by atoms with Gasteiger partial charge in [0, 0.05) is 28.2 Å². The van der Waals surface area contributed by atoms with E-state index < -0.39 is 0 Å². The van der Waals surface area contributed by atoms with Crippen LogP contribution in [0.1, 0.15) is 22.9 Å². The summed E-state index contributed by atoms with van der Waals surface area (Å²) in [5, 5.41) is 2.01. The summed E-state index contributed by atoms with van der Waals surface area (Å²) in [6.07, 6.45) is 0.736. The van der Waals surface area contributed by atoms with Gasteiger partial charge in [-0.25, -0.2) is 8.78 Å². The van der Waals surface area contributed by atoms with Crippen LogP contribution in [0.25, 0.3) is 10.9 Å². The molecule has 0 spiro atoms. The zero-order chi connectivity index (χ0) is 21.5. The van der Waals surface area contributed by atoms with Gasteiger partial charge >= 0.3 is 0 Å². The fourth-order valence-electron chi connectivity index (χ4n) is 4.11. The van der Waals surface area contributed by atoms with E-state index >= 15 is 0 Å². The number of nitrogens with zero attached hydrogens (tertiary/aromatic N) is 1. The first-order valence-corrected chi connectivity index (χ1v) is 10.6. The van der Waals surface area contributed by atoms with Gasteiger partial charge in [0.2, 0.25) is 0 Å². The van der Waals surface area contributed by atoms with Crippen molar-refractivity contribution >= 4 is 39.9 Å². The number of hydrogen-bond donors (Lipinski definition) is 1. The molecular weight excluding hydrogens is 438 g/mol. The van der Waals surface area contributed by atoms with Crippen molar-refractivity contribution in [2.75, 3.05) is 6.54 Å². The van der Waals surface area contributed by atoms with Crippen LogP contribution in [-0.4, -0.2) is 21.6 Å². The van der Waals surface area contributed by atoms with Crippen LogP contribution in [0, 0.1) is 11.6 Å². The summed E-state index contributed by atoms with van der Waals surface area (Å²) in [6, 6.07) is 17.6. The molecule has 1 unspecified atom stereocenters. The van der Waals surface area contributed by atoms with Gasteiger partial charge in [0.25, 0.3) is 5.17 Å². The number of aromatic amines is 1. The third-order valence-corrected chi connectivity index (χ3v) is 6.08. The summed E-state index contributed by atoms with van der Waals surface area (Å²) in [5.41, 5.74) is 3.99. The zero-order valence-electron chi connectivity index (χ0n) is 16.2. The van der Waals surface area contributed by atoms with Gasteiger partial charge in [0.05, 0.1) is 6.04 Å². The first kappa shape index (κ1) is 20.0. The molecule has 1 N–H and O–H groups in total. The number of rotatable bonds is 2. The van der Waals surface area contributed by atoms with E-state index in [1.54, 1.807) is 12.1 Å². The molecule has 1 atom stereocenters. The molecule has 0 bridgehead atoms. The van der Waals surface area contributed by atoms with Crippen LogP contribution in [0.5, 0.6) is 5.75 Å². The van der Waals surface area contributed by atoms with Gasteiger partial charge in [-0.2, -0.15) is 0 Å². The maximum absolute atomic E-state index is 13.6. The van der Waals surface area contributed by atoms with Gasteiger partial charge < -0.3 is 14.6 Å². The fourth-order valence-corrected chi connectivity index (χ4v) is 4.58. The smallest absolute Gasteiger partial charge is 0.265 e. The zero-order valence-corrected chi connectivity index (χ0v) is 17.8. The molecule has 3 nitrogen and oxygen atoms in total. The van der Waals surface area contributed by atoms with Crippen LogP contribution in [0.15, 0.2) is 66.7 Å². The highest BCUT2D eigenvalue weighted by Crippen LogP contribution is 2.39. The minimum Gasteiger partial charge on any atom is -0.432 e. The Balaban J connectivity index is 1.58. The number of fused-ring (bicyclic) bond motifs is 3. The van der Waals surface area contributed by atoms with E-state index in [4.69, 9.17) is 28.6 Å². The molecule has 0 saturated heterocycles. The highest BCUT2D eigenvalue weighted by molar-refractivity contribution is 7.80. The standard InChI is InChI=1S/C24H17ClF2N2OS/c25-15-3-10-21-20(13-15)19-11-12-29(24(31)30-18-8-6-17(27)7-9-18)23(22(19)28-21)14-1-4-16(26)5-2-14/h1-10,13,23,28H,11-12H2. The van der Waals surface area contributed by atoms with Gasteiger partial charge in [-0.05, 0) is 84.4 Å². The molecule has 0 amide bonds. The number of H-pyrrole nitrogens is 1. The fraction of sp³-hybridized carbons (Fsp3) is 0.125. The summed E-state index contributed by atoms with van der Waals surface area (Å²) >= 11 is 11.9. The molecule has 5 rings (SSSR count). The summed E-state index contributed by atoms with van der Waals surface area (Å²) in [4.78, 5) is 5.47. The highest BCUT2D eigenvalue weighted by atomic mass is 35.5. The molecule has 3 aromatic carbocycles. The number of ether oxygens (including phenoxy) is 1. The molecule has 1 aliphatic rings. The Morgan fingerprint density at radius 1 is 1.00 bits per heavy atom. The monoisotopic (exact) mass is 454 g/mol. The topological polar surface area (TPSA) is 28.3 Å². The summed E-state index contributed by atoms with van der Waals surface area (Å²) in [6.45, 7) is 0.606. The molecule has 0 saturated carbocycles. The van der Waals surface area contributed by atoms with Gasteiger partial charge in [-0.15, -0.1) is 0 Å².